The number of amides is 1. The number of nitrogen functional groups attached to an aromatic ring is 1. The van der Waals surface area contributed by atoms with Gasteiger partial charge in [0.1, 0.15) is 11.6 Å². The van der Waals surface area contributed by atoms with Gasteiger partial charge in [0.25, 0.3) is 0 Å². The molecule has 3 aromatic rings. The highest BCUT2D eigenvalue weighted by Gasteiger charge is 2.26. The van der Waals surface area contributed by atoms with E-state index in [0.29, 0.717) is 25.9 Å². The van der Waals surface area contributed by atoms with Crippen molar-refractivity contribution in [2.45, 2.75) is 20.9 Å². The lowest BCUT2D eigenvalue weighted by Crippen LogP contribution is -2.22. The molecule has 8 nitrogen and oxygen atoms in total. The number of hydrogen-bond donors (Lipinski definition) is 3. The number of carbonyl (C=O) groups is 1. The van der Waals surface area contributed by atoms with Gasteiger partial charge in [-0.2, -0.15) is 0 Å². The minimum absolute atomic E-state index is 0.0462. The van der Waals surface area contributed by atoms with Crippen molar-refractivity contribution in [2.75, 3.05) is 23.6 Å². The van der Waals surface area contributed by atoms with Crippen LogP contribution in [0.2, 0.25) is 0 Å². The summed E-state index contributed by atoms with van der Waals surface area (Å²) in [5, 5.41) is 10.3. The molecule has 0 aliphatic rings. The van der Waals surface area contributed by atoms with Gasteiger partial charge in [-0.05, 0) is 48.6 Å². The van der Waals surface area contributed by atoms with Gasteiger partial charge < -0.3 is 11.1 Å². The Bertz CT molecular complexity index is 1490. The van der Waals surface area contributed by atoms with E-state index >= 15 is 0 Å². The summed E-state index contributed by atoms with van der Waals surface area (Å²) in [6.45, 7) is 1.81. The lowest BCUT2D eigenvalue weighted by atomic mass is 9.98. The molecule has 0 atom stereocenters. The molecule has 180 valence electrons. The van der Waals surface area contributed by atoms with Crippen LogP contribution in [0.1, 0.15) is 10.4 Å². The first kappa shape index (κ1) is 25.9. The quantitative estimate of drug-likeness (QED) is 0.226. The van der Waals surface area contributed by atoms with E-state index in [1.807, 2.05) is 13.0 Å². The van der Waals surface area contributed by atoms with Gasteiger partial charge in [-0.15, -0.1) is 23.1 Å². The van der Waals surface area contributed by atoms with E-state index in [2.05, 4.69) is 5.32 Å². The summed E-state index contributed by atoms with van der Waals surface area (Å²) >= 11 is 2.41. The Morgan fingerprint density at radius 1 is 1.12 bits per heavy atom. The van der Waals surface area contributed by atoms with Crippen molar-refractivity contribution in [1.82, 2.24) is 0 Å². The van der Waals surface area contributed by atoms with Crippen molar-refractivity contribution in [3.05, 3.63) is 59.0 Å². The van der Waals surface area contributed by atoms with Crippen molar-refractivity contribution in [3.63, 3.8) is 0 Å². The molecular formula is C22H23N3O5S4. The van der Waals surface area contributed by atoms with Crippen LogP contribution in [0, 0.1) is 12.3 Å². The molecule has 0 aliphatic heterocycles. The molecule has 0 aliphatic carbocycles. The molecular weight excluding hydrogens is 515 g/mol. The fraction of sp³-hybridized carbons (Fsp3) is 0.182. The van der Waals surface area contributed by atoms with E-state index < -0.39 is 31.3 Å². The van der Waals surface area contributed by atoms with E-state index in [4.69, 9.17) is 11.1 Å². The number of amidine groups is 1. The molecule has 0 saturated carbocycles. The molecule has 0 spiro atoms. The van der Waals surface area contributed by atoms with Crippen molar-refractivity contribution in [1.29, 1.82) is 5.41 Å². The van der Waals surface area contributed by atoms with Gasteiger partial charge in [-0.25, -0.2) is 16.8 Å². The summed E-state index contributed by atoms with van der Waals surface area (Å²) in [6, 6.07) is 12.9. The fourth-order valence-electron chi connectivity index (χ4n) is 3.35. The second kappa shape index (κ2) is 9.90. The molecule has 0 bridgehead atoms. The molecule has 4 N–H and O–H groups in total. The molecule has 34 heavy (non-hydrogen) atoms. The number of nitrogens with one attached hydrogen (secondary N) is 2. The first-order valence-corrected chi connectivity index (χ1v) is 15.4. The predicted octanol–water partition coefficient (Wildman–Crippen LogP) is 3.55. The molecule has 0 unspecified atom stereocenters. The number of nitrogens with two attached hydrogens (primary N) is 1. The van der Waals surface area contributed by atoms with Gasteiger partial charge in [0.05, 0.1) is 18.9 Å². The summed E-state index contributed by atoms with van der Waals surface area (Å²) in [4.78, 5) is 12.7. The van der Waals surface area contributed by atoms with Crippen LogP contribution in [-0.2, 0) is 24.5 Å². The molecule has 1 amide bonds. The average Bonchev–Trinajstić information content (AvgIpc) is 3.18. The predicted molar refractivity (Wildman–Crippen MR) is 138 cm³/mol. The van der Waals surface area contributed by atoms with E-state index in [0.717, 1.165) is 23.2 Å². The number of sulfone groups is 2. The molecule has 3 rings (SSSR count). The van der Waals surface area contributed by atoms with Gasteiger partial charge in [0.2, 0.25) is 15.7 Å². The van der Waals surface area contributed by atoms with Gasteiger partial charge in [-0.1, -0.05) is 24.3 Å². The zero-order chi connectivity index (χ0) is 25.3. The number of anilines is 1. The van der Waals surface area contributed by atoms with E-state index in [1.165, 1.54) is 30.0 Å². The lowest BCUT2D eigenvalue weighted by Gasteiger charge is -2.15. The lowest BCUT2D eigenvalue weighted by molar-refractivity contribution is -0.113. The molecule has 1 aromatic heterocycles. The number of thiophene rings is 1. The maximum atomic E-state index is 13.5. The number of hydrogen-bond acceptors (Lipinski definition) is 8. The number of rotatable bonds is 8. The van der Waals surface area contributed by atoms with Crippen LogP contribution in [0.25, 0.3) is 11.1 Å². The first-order chi connectivity index (χ1) is 15.8. The zero-order valence-corrected chi connectivity index (χ0v) is 21.8. The largest absolute Gasteiger partial charge is 0.383 e. The van der Waals surface area contributed by atoms with Crippen molar-refractivity contribution in [2.24, 2.45) is 5.73 Å². The van der Waals surface area contributed by atoms with Gasteiger partial charge in [0, 0.05) is 17.5 Å². The third-order valence-electron chi connectivity index (χ3n) is 4.78. The highest BCUT2D eigenvalue weighted by Crippen LogP contribution is 2.38. The first-order valence-electron chi connectivity index (χ1n) is 9.78. The van der Waals surface area contributed by atoms with Crippen LogP contribution in [0.4, 0.5) is 5.69 Å². The van der Waals surface area contributed by atoms with Crippen LogP contribution in [0.15, 0.2) is 62.5 Å². The Hall–Kier alpha value is -2.67. The summed E-state index contributed by atoms with van der Waals surface area (Å²) < 4.78 is 50.5. The van der Waals surface area contributed by atoms with Gasteiger partial charge in [0.15, 0.2) is 9.84 Å². The Balaban J connectivity index is 2.09. The topological polar surface area (TPSA) is 147 Å². The zero-order valence-electron chi connectivity index (χ0n) is 18.6. The molecule has 2 aromatic carbocycles. The van der Waals surface area contributed by atoms with Crippen LogP contribution >= 0.6 is 23.1 Å². The Kier molecular flexibility index (Phi) is 7.56. The molecule has 0 radical (unpaired) electrons. The Morgan fingerprint density at radius 2 is 1.79 bits per heavy atom. The minimum atomic E-state index is -3.93. The molecule has 1 heterocycles. The normalized spacial score (nSPS) is 11.9. The fourth-order valence-corrected chi connectivity index (χ4v) is 7.80. The van der Waals surface area contributed by atoms with Crippen LogP contribution in [0.3, 0.4) is 0 Å². The second-order valence-electron chi connectivity index (χ2n) is 7.53. The average molecular weight is 538 g/mol. The monoisotopic (exact) mass is 537 g/mol. The highest BCUT2D eigenvalue weighted by atomic mass is 32.2. The number of benzene rings is 2. The maximum absolute atomic E-state index is 13.5. The number of carbonyl (C=O) groups excluding carboxylic acids is 1. The minimum Gasteiger partial charge on any atom is -0.383 e. The van der Waals surface area contributed by atoms with Crippen molar-refractivity contribution < 1.29 is 21.6 Å². The summed E-state index contributed by atoms with van der Waals surface area (Å²) in [6.07, 6.45) is 2.73. The number of thioether (sulfide) groups is 1. The van der Waals surface area contributed by atoms with Crippen molar-refractivity contribution in [3.8, 4) is 11.1 Å². The Morgan fingerprint density at radius 3 is 2.41 bits per heavy atom. The van der Waals surface area contributed by atoms with Gasteiger partial charge in [-0.3, -0.25) is 10.2 Å². The summed E-state index contributed by atoms with van der Waals surface area (Å²) in [5.74, 6) is -1.55. The summed E-state index contributed by atoms with van der Waals surface area (Å²) in [5.41, 5.74) is 7.84. The molecule has 0 fully saturated rings. The molecule has 0 saturated heterocycles. The van der Waals surface area contributed by atoms with Gasteiger partial charge >= 0.3 is 0 Å². The maximum Gasteiger partial charge on any atom is 0.239 e. The van der Waals surface area contributed by atoms with E-state index in [1.54, 1.807) is 30.5 Å². The second-order valence-corrected chi connectivity index (χ2v) is 13.7. The standard InChI is InChI=1S/C22H23N3O5S4/c1-13-6-4-9-16(25-19(26)12-33(3,27)28)20(13)14-7-5-8-15(10-14)34(29,30)18-11-17(21(23)24)32-22(18)31-2/h4-11H,12H2,1-3H3,(H3,23,24)(H,25,26). The molecule has 12 heteroatoms. The van der Waals surface area contributed by atoms with E-state index in [9.17, 15) is 21.6 Å². The van der Waals surface area contributed by atoms with Crippen molar-refractivity contribution >= 4 is 60.2 Å². The van der Waals surface area contributed by atoms with Crippen LogP contribution in [0.5, 0.6) is 0 Å². The van der Waals surface area contributed by atoms with E-state index in [-0.39, 0.29) is 15.6 Å². The third kappa shape index (κ3) is 5.69. The highest BCUT2D eigenvalue weighted by molar-refractivity contribution is 8.01. The summed E-state index contributed by atoms with van der Waals surface area (Å²) in [7, 11) is -7.44. The SMILES string of the molecule is CSc1sc(C(=N)N)cc1S(=O)(=O)c1cccc(-c2c(C)cccc2NC(=O)CS(C)(=O)=O)c1. The third-order valence-corrected chi connectivity index (χ3v) is 9.90. The Labute approximate surface area is 206 Å². The number of aryl methyl sites for hydroxylation is 1. The smallest absolute Gasteiger partial charge is 0.239 e. The van der Waals surface area contributed by atoms with Crippen LogP contribution < -0.4 is 11.1 Å². The van der Waals surface area contributed by atoms with Crippen LogP contribution in [-0.4, -0.2) is 46.8 Å².